The first-order chi connectivity index (χ1) is 9.47. The number of halogens is 2. The molecule has 3 nitrogen and oxygen atoms in total. The van der Waals surface area contributed by atoms with Crippen LogP contribution < -0.4 is 0 Å². The third kappa shape index (κ3) is 3.75. The van der Waals surface area contributed by atoms with Crippen LogP contribution in [0.1, 0.15) is 25.5 Å². The van der Waals surface area contributed by atoms with Crippen molar-refractivity contribution in [3.63, 3.8) is 0 Å². The minimum Gasteiger partial charge on any atom is -0.392 e. The molecular weight excluding hydrogens is 262 g/mol. The minimum absolute atomic E-state index is 0.0683. The van der Waals surface area contributed by atoms with Crippen LogP contribution in [-0.4, -0.2) is 53.7 Å². The number of hydrogen-bond acceptors (Lipinski definition) is 3. The lowest BCUT2D eigenvalue weighted by molar-refractivity contribution is 0.0654. The van der Waals surface area contributed by atoms with Gasteiger partial charge in [-0.3, -0.25) is 9.80 Å². The van der Waals surface area contributed by atoms with Crippen molar-refractivity contribution in [1.82, 2.24) is 9.80 Å². The SMILES string of the molecule is CC(O)CN1CCN(C(C)c2ccc(F)c(F)c2)CC1. The Kier molecular flexibility index (Phi) is 5.07. The number of aliphatic hydroxyl groups excluding tert-OH is 1. The van der Waals surface area contributed by atoms with E-state index in [0.717, 1.165) is 31.7 Å². The number of β-amino-alcohol motifs (C(OH)–C–C–N with tert-alkyl or cyclic N) is 1. The molecule has 20 heavy (non-hydrogen) atoms. The molecule has 0 bridgehead atoms. The molecule has 0 saturated carbocycles. The van der Waals surface area contributed by atoms with Crippen molar-refractivity contribution in [3.05, 3.63) is 35.4 Å². The van der Waals surface area contributed by atoms with Gasteiger partial charge in [-0.2, -0.15) is 0 Å². The van der Waals surface area contributed by atoms with Crippen LogP contribution in [0.2, 0.25) is 0 Å². The highest BCUT2D eigenvalue weighted by molar-refractivity contribution is 5.21. The molecule has 1 N–H and O–H groups in total. The Bertz CT molecular complexity index is 445. The third-order valence-corrected chi connectivity index (χ3v) is 3.90. The fourth-order valence-electron chi connectivity index (χ4n) is 2.69. The summed E-state index contributed by atoms with van der Waals surface area (Å²) in [5.74, 6) is -1.59. The van der Waals surface area contributed by atoms with Gasteiger partial charge >= 0.3 is 0 Å². The molecule has 0 aromatic heterocycles. The summed E-state index contributed by atoms with van der Waals surface area (Å²) in [5, 5.41) is 9.38. The highest BCUT2D eigenvalue weighted by atomic mass is 19.2. The second kappa shape index (κ2) is 6.61. The Morgan fingerprint density at radius 2 is 1.75 bits per heavy atom. The smallest absolute Gasteiger partial charge is 0.159 e. The normalized spacial score (nSPS) is 20.9. The summed E-state index contributed by atoms with van der Waals surface area (Å²) in [5.41, 5.74) is 0.799. The predicted molar refractivity (Wildman–Crippen MR) is 74.5 cm³/mol. The van der Waals surface area contributed by atoms with Crippen molar-refractivity contribution in [2.45, 2.75) is 26.0 Å². The van der Waals surface area contributed by atoms with Crippen molar-refractivity contribution in [2.75, 3.05) is 32.7 Å². The number of benzene rings is 1. The van der Waals surface area contributed by atoms with Gasteiger partial charge < -0.3 is 5.11 Å². The zero-order valence-corrected chi connectivity index (χ0v) is 12.0. The Morgan fingerprint density at radius 3 is 2.30 bits per heavy atom. The molecule has 1 fully saturated rings. The Labute approximate surface area is 118 Å². The van der Waals surface area contributed by atoms with Crippen LogP contribution in [0.25, 0.3) is 0 Å². The van der Waals surface area contributed by atoms with Gasteiger partial charge in [0.1, 0.15) is 0 Å². The number of rotatable bonds is 4. The molecule has 1 heterocycles. The van der Waals surface area contributed by atoms with E-state index in [-0.39, 0.29) is 12.1 Å². The molecule has 0 spiro atoms. The second-order valence-corrected chi connectivity index (χ2v) is 5.54. The van der Waals surface area contributed by atoms with Gasteiger partial charge in [-0.05, 0) is 31.5 Å². The summed E-state index contributed by atoms with van der Waals surface area (Å²) in [6.45, 7) is 8.00. The highest BCUT2D eigenvalue weighted by Crippen LogP contribution is 2.23. The first-order valence-electron chi connectivity index (χ1n) is 7.07. The van der Waals surface area contributed by atoms with E-state index >= 15 is 0 Å². The summed E-state index contributed by atoms with van der Waals surface area (Å²) in [7, 11) is 0. The highest BCUT2D eigenvalue weighted by Gasteiger charge is 2.23. The molecule has 1 aliphatic rings. The average Bonchev–Trinajstić information content (AvgIpc) is 2.41. The number of piperazine rings is 1. The van der Waals surface area contributed by atoms with Crippen LogP contribution in [0.15, 0.2) is 18.2 Å². The van der Waals surface area contributed by atoms with Gasteiger partial charge in [0.2, 0.25) is 0 Å². The molecule has 2 rings (SSSR count). The van der Waals surface area contributed by atoms with E-state index in [2.05, 4.69) is 9.80 Å². The van der Waals surface area contributed by atoms with Crippen molar-refractivity contribution >= 4 is 0 Å². The van der Waals surface area contributed by atoms with E-state index in [0.29, 0.717) is 6.54 Å². The Morgan fingerprint density at radius 1 is 1.10 bits per heavy atom. The maximum absolute atomic E-state index is 13.3. The van der Waals surface area contributed by atoms with Crippen LogP contribution in [0.3, 0.4) is 0 Å². The van der Waals surface area contributed by atoms with E-state index in [1.807, 2.05) is 6.92 Å². The zero-order valence-electron chi connectivity index (χ0n) is 12.0. The second-order valence-electron chi connectivity index (χ2n) is 5.54. The first-order valence-corrected chi connectivity index (χ1v) is 7.07. The molecule has 2 unspecified atom stereocenters. The molecule has 112 valence electrons. The lowest BCUT2D eigenvalue weighted by atomic mass is 10.1. The van der Waals surface area contributed by atoms with E-state index in [9.17, 15) is 13.9 Å². The van der Waals surface area contributed by atoms with Crippen molar-refractivity contribution in [2.24, 2.45) is 0 Å². The third-order valence-electron chi connectivity index (χ3n) is 3.90. The number of hydrogen-bond donors (Lipinski definition) is 1. The molecule has 1 aromatic carbocycles. The van der Waals surface area contributed by atoms with Crippen molar-refractivity contribution in [3.8, 4) is 0 Å². The van der Waals surface area contributed by atoms with Gasteiger partial charge in [0.05, 0.1) is 6.10 Å². The van der Waals surface area contributed by atoms with Crippen LogP contribution >= 0.6 is 0 Å². The topological polar surface area (TPSA) is 26.7 Å². The number of aliphatic hydroxyl groups is 1. The summed E-state index contributed by atoms with van der Waals surface area (Å²) < 4.78 is 26.2. The largest absolute Gasteiger partial charge is 0.392 e. The van der Waals surface area contributed by atoms with Crippen LogP contribution in [0, 0.1) is 11.6 Å². The van der Waals surface area contributed by atoms with Gasteiger partial charge in [-0.1, -0.05) is 6.07 Å². The minimum atomic E-state index is -0.803. The van der Waals surface area contributed by atoms with Crippen molar-refractivity contribution < 1.29 is 13.9 Å². The lowest BCUT2D eigenvalue weighted by Crippen LogP contribution is -2.48. The van der Waals surface area contributed by atoms with E-state index in [1.54, 1.807) is 13.0 Å². The molecule has 0 radical (unpaired) electrons. The summed E-state index contributed by atoms with van der Waals surface area (Å²) >= 11 is 0. The molecule has 2 atom stereocenters. The predicted octanol–water partition coefficient (Wildman–Crippen LogP) is 2.02. The Hall–Kier alpha value is -1.04. The monoisotopic (exact) mass is 284 g/mol. The van der Waals surface area contributed by atoms with Gasteiger partial charge in [0, 0.05) is 38.8 Å². The van der Waals surface area contributed by atoms with E-state index in [4.69, 9.17) is 0 Å². The van der Waals surface area contributed by atoms with Crippen LogP contribution in [0.5, 0.6) is 0 Å². The fraction of sp³-hybridized carbons (Fsp3) is 0.600. The summed E-state index contributed by atoms with van der Waals surface area (Å²) in [6.07, 6.45) is -0.315. The van der Waals surface area contributed by atoms with Crippen molar-refractivity contribution in [1.29, 1.82) is 0 Å². The molecule has 1 aromatic rings. The number of nitrogens with zero attached hydrogens (tertiary/aromatic N) is 2. The average molecular weight is 284 g/mol. The van der Waals surface area contributed by atoms with Gasteiger partial charge in [0.15, 0.2) is 11.6 Å². The Balaban J connectivity index is 1.94. The van der Waals surface area contributed by atoms with Crippen LogP contribution in [0.4, 0.5) is 8.78 Å². The maximum atomic E-state index is 13.3. The zero-order chi connectivity index (χ0) is 14.7. The van der Waals surface area contributed by atoms with Crippen LogP contribution in [-0.2, 0) is 0 Å². The molecule has 0 amide bonds. The van der Waals surface area contributed by atoms with Gasteiger partial charge in [0.25, 0.3) is 0 Å². The summed E-state index contributed by atoms with van der Waals surface area (Å²) in [6, 6.07) is 4.18. The van der Waals surface area contributed by atoms with E-state index < -0.39 is 11.6 Å². The molecule has 5 heteroatoms. The quantitative estimate of drug-likeness (QED) is 0.916. The first kappa shape index (κ1) is 15.4. The standard InChI is InChI=1S/C15H22F2N2O/c1-11(20)10-18-5-7-19(8-6-18)12(2)13-3-4-14(16)15(17)9-13/h3-4,9,11-12,20H,5-8,10H2,1-2H3. The molecular formula is C15H22F2N2O. The fourth-order valence-corrected chi connectivity index (χ4v) is 2.69. The van der Waals surface area contributed by atoms with Gasteiger partial charge in [-0.15, -0.1) is 0 Å². The molecule has 0 aliphatic carbocycles. The maximum Gasteiger partial charge on any atom is 0.159 e. The lowest BCUT2D eigenvalue weighted by Gasteiger charge is -2.38. The van der Waals surface area contributed by atoms with E-state index in [1.165, 1.54) is 12.1 Å². The molecule has 1 aliphatic heterocycles. The summed E-state index contributed by atoms with van der Waals surface area (Å²) in [4.78, 5) is 4.48. The molecule has 1 saturated heterocycles. The van der Waals surface area contributed by atoms with Gasteiger partial charge in [-0.25, -0.2) is 8.78 Å².